The molecule has 2 aliphatic rings. The molecule has 0 aliphatic carbocycles. The van der Waals surface area contributed by atoms with E-state index in [2.05, 4.69) is 5.32 Å². The lowest BCUT2D eigenvalue weighted by atomic mass is 9.63. The smallest absolute Gasteiger partial charge is 0.407 e. The van der Waals surface area contributed by atoms with Gasteiger partial charge in [0.15, 0.2) is 5.78 Å². The first-order chi connectivity index (χ1) is 12.3. The number of ether oxygens (including phenoxy) is 1. The van der Waals surface area contributed by atoms with Gasteiger partial charge in [0.2, 0.25) is 0 Å². The molecular weight excluding hydrogens is 356 g/mol. The van der Waals surface area contributed by atoms with Gasteiger partial charge < -0.3 is 15.2 Å². The van der Waals surface area contributed by atoms with E-state index in [-0.39, 0.29) is 11.7 Å². The summed E-state index contributed by atoms with van der Waals surface area (Å²) in [6, 6.07) is 7.34. The third-order valence-corrected chi connectivity index (χ3v) is 6.36. The maximum absolute atomic E-state index is 13.7. The molecule has 0 unspecified atom stereocenters. The van der Waals surface area contributed by atoms with E-state index in [1.807, 2.05) is 19.1 Å². The normalized spacial score (nSPS) is 29.5. The van der Waals surface area contributed by atoms with E-state index >= 15 is 0 Å². The van der Waals surface area contributed by atoms with Gasteiger partial charge in [0.1, 0.15) is 5.54 Å². The first-order valence-corrected chi connectivity index (χ1v) is 9.26. The molecule has 0 bridgehead atoms. The van der Waals surface area contributed by atoms with Crippen LogP contribution >= 0.6 is 11.6 Å². The van der Waals surface area contributed by atoms with Gasteiger partial charge in [0.25, 0.3) is 0 Å². The Morgan fingerprint density at radius 2 is 1.85 bits per heavy atom. The van der Waals surface area contributed by atoms with Gasteiger partial charge in [-0.25, -0.2) is 4.79 Å². The Balaban J connectivity index is 2.10. The minimum Gasteiger partial charge on any atom is -0.465 e. The van der Waals surface area contributed by atoms with Crippen molar-refractivity contribution in [3.63, 3.8) is 0 Å². The molecule has 7 heteroatoms. The predicted octanol–water partition coefficient (Wildman–Crippen LogP) is 2.55. The highest BCUT2D eigenvalue weighted by molar-refractivity contribution is 6.30. The molecule has 2 heterocycles. The number of nitrogens with zero attached hydrogens (tertiary/aromatic N) is 1. The first-order valence-electron chi connectivity index (χ1n) is 8.88. The van der Waals surface area contributed by atoms with Crippen LogP contribution in [0.25, 0.3) is 0 Å². The Bertz CT molecular complexity index is 689. The Morgan fingerprint density at radius 1 is 1.23 bits per heavy atom. The number of Topliss-reactive ketones (excluding diaryl/α,β-unsaturated/α-hetero) is 1. The fourth-order valence-electron chi connectivity index (χ4n) is 4.47. The summed E-state index contributed by atoms with van der Waals surface area (Å²) in [6.45, 7) is 3.85. The van der Waals surface area contributed by atoms with Crippen LogP contribution in [0.5, 0.6) is 0 Å². The fraction of sp³-hybridized carbons (Fsp3) is 0.579. The van der Waals surface area contributed by atoms with Crippen molar-refractivity contribution in [2.75, 3.05) is 33.4 Å². The van der Waals surface area contributed by atoms with Crippen molar-refractivity contribution in [2.45, 2.75) is 30.7 Å². The van der Waals surface area contributed by atoms with Crippen LogP contribution in [0.2, 0.25) is 5.02 Å². The van der Waals surface area contributed by atoms with Gasteiger partial charge in [0, 0.05) is 49.7 Å². The van der Waals surface area contributed by atoms with Gasteiger partial charge in [-0.2, -0.15) is 0 Å². The van der Waals surface area contributed by atoms with E-state index in [0.717, 1.165) is 5.56 Å². The number of benzene rings is 1. The number of carboxylic acid groups (broad SMARTS) is 1. The van der Waals surface area contributed by atoms with Crippen LogP contribution < -0.4 is 5.32 Å². The summed E-state index contributed by atoms with van der Waals surface area (Å²) in [5.74, 6) is -0.217. The second-order valence-corrected chi connectivity index (χ2v) is 7.83. The molecule has 0 saturated carbocycles. The molecule has 6 nitrogen and oxygen atoms in total. The maximum Gasteiger partial charge on any atom is 0.407 e. The van der Waals surface area contributed by atoms with Gasteiger partial charge in [-0.15, -0.1) is 0 Å². The maximum atomic E-state index is 13.7. The van der Waals surface area contributed by atoms with Gasteiger partial charge in [-0.05, 0) is 30.5 Å². The van der Waals surface area contributed by atoms with Crippen molar-refractivity contribution in [3.05, 3.63) is 34.9 Å². The summed E-state index contributed by atoms with van der Waals surface area (Å²) >= 11 is 6.03. The fourth-order valence-corrected chi connectivity index (χ4v) is 4.59. The number of likely N-dealkylation sites (N-methyl/N-ethyl adjacent to an activating group) is 1. The molecular formula is C19H25ClN2O4. The van der Waals surface area contributed by atoms with E-state index in [9.17, 15) is 14.7 Å². The third kappa shape index (κ3) is 2.90. The topological polar surface area (TPSA) is 78.9 Å². The molecule has 0 aromatic heterocycles. The number of rotatable bonds is 4. The average Bonchev–Trinajstić information content (AvgIpc) is 3.00. The number of ketones is 1. The molecule has 142 valence electrons. The van der Waals surface area contributed by atoms with Crippen LogP contribution in [0.15, 0.2) is 24.3 Å². The molecule has 1 amide bonds. The lowest BCUT2D eigenvalue weighted by Gasteiger charge is -2.48. The molecule has 1 aromatic rings. The lowest BCUT2D eigenvalue weighted by molar-refractivity contribution is -0.138. The molecule has 2 N–H and O–H groups in total. The molecule has 2 saturated heterocycles. The molecule has 2 atom stereocenters. The molecule has 2 fully saturated rings. The summed E-state index contributed by atoms with van der Waals surface area (Å²) < 4.78 is 5.39. The van der Waals surface area contributed by atoms with Gasteiger partial charge in [-0.1, -0.05) is 30.7 Å². The van der Waals surface area contributed by atoms with E-state index in [4.69, 9.17) is 16.3 Å². The van der Waals surface area contributed by atoms with Crippen LogP contribution in [0, 0.1) is 5.92 Å². The molecule has 0 radical (unpaired) electrons. The minimum atomic E-state index is -1.17. The van der Waals surface area contributed by atoms with Gasteiger partial charge in [0.05, 0.1) is 0 Å². The Kier molecular flexibility index (Phi) is 5.28. The summed E-state index contributed by atoms with van der Waals surface area (Å²) in [4.78, 5) is 26.9. The summed E-state index contributed by atoms with van der Waals surface area (Å²) in [5.41, 5.74) is -0.963. The van der Waals surface area contributed by atoms with Crippen molar-refractivity contribution in [1.29, 1.82) is 0 Å². The largest absolute Gasteiger partial charge is 0.465 e. The number of amides is 1. The van der Waals surface area contributed by atoms with Crippen LogP contribution in [0.1, 0.15) is 25.3 Å². The standard InChI is InChI=1S/C19H25ClN2O4/c1-18(14-3-5-15(20)6-4-14)11-21-12-19(18,22(2)17(24)25)16(23)13-7-9-26-10-8-13/h3-6,13,21H,7-12H2,1-2H3,(H,24,25)/t18-,19-/m0/s1. The molecule has 1 aromatic carbocycles. The Hall–Kier alpha value is -1.63. The van der Waals surface area contributed by atoms with Crippen LogP contribution in [-0.2, 0) is 14.9 Å². The highest BCUT2D eigenvalue weighted by Crippen LogP contribution is 2.45. The number of halogens is 1. The van der Waals surface area contributed by atoms with E-state index in [1.54, 1.807) is 12.1 Å². The molecule has 2 aliphatic heterocycles. The predicted molar refractivity (Wildman–Crippen MR) is 98.7 cm³/mol. The average molecular weight is 381 g/mol. The van der Waals surface area contributed by atoms with Crippen molar-refractivity contribution in [3.8, 4) is 0 Å². The number of nitrogens with one attached hydrogen (secondary N) is 1. The summed E-state index contributed by atoms with van der Waals surface area (Å²) in [7, 11) is 1.50. The van der Waals surface area contributed by atoms with E-state index in [0.29, 0.717) is 44.2 Å². The van der Waals surface area contributed by atoms with Crippen LogP contribution in [0.4, 0.5) is 4.79 Å². The zero-order valence-corrected chi connectivity index (χ0v) is 15.9. The summed E-state index contributed by atoms with van der Waals surface area (Å²) in [6.07, 6.45) is 0.157. The second kappa shape index (κ2) is 7.18. The van der Waals surface area contributed by atoms with Crippen molar-refractivity contribution in [1.82, 2.24) is 10.2 Å². The lowest BCUT2D eigenvalue weighted by Crippen LogP contribution is -2.67. The van der Waals surface area contributed by atoms with Crippen molar-refractivity contribution >= 4 is 23.5 Å². The monoisotopic (exact) mass is 380 g/mol. The Morgan fingerprint density at radius 3 is 2.42 bits per heavy atom. The molecule has 0 spiro atoms. The minimum absolute atomic E-state index is 0.0202. The second-order valence-electron chi connectivity index (χ2n) is 7.40. The highest BCUT2D eigenvalue weighted by Gasteiger charge is 2.62. The molecule has 26 heavy (non-hydrogen) atoms. The highest BCUT2D eigenvalue weighted by atomic mass is 35.5. The quantitative estimate of drug-likeness (QED) is 0.839. The summed E-state index contributed by atoms with van der Waals surface area (Å²) in [5, 5.41) is 13.7. The van der Waals surface area contributed by atoms with Gasteiger partial charge >= 0.3 is 6.09 Å². The molecule has 3 rings (SSSR count). The van der Waals surface area contributed by atoms with Crippen LogP contribution in [0.3, 0.4) is 0 Å². The SMILES string of the molecule is CN(C(=O)O)[C@]1(C(=O)C2CCOCC2)CNC[C@@]1(C)c1ccc(Cl)cc1. The van der Waals surface area contributed by atoms with Crippen molar-refractivity contribution in [2.24, 2.45) is 5.92 Å². The number of hydrogen-bond acceptors (Lipinski definition) is 4. The van der Waals surface area contributed by atoms with Crippen LogP contribution in [-0.4, -0.2) is 60.8 Å². The number of carbonyl (C=O) groups is 2. The third-order valence-electron chi connectivity index (χ3n) is 6.11. The van der Waals surface area contributed by atoms with Crippen molar-refractivity contribution < 1.29 is 19.4 Å². The zero-order valence-electron chi connectivity index (χ0n) is 15.1. The Labute approximate surface area is 158 Å². The zero-order chi connectivity index (χ0) is 18.9. The first kappa shape index (κ1) is 19.1. The van der Waals surface area contributed by atoms with E-state index in [1.165, 1.54) is 11.9 Å². The van der Waals surface area contributed by atoms with E-state index < -0.39 is 17.0 Å². The number of carbonyl (C=O) groups excluding carboxylic acids is 1. The number of hydrogen-bond donors (Lipinski definition) is 2. The van der Waals surface area contributed by atoms with Gasteiger partial charge in [-0.3, -0.25) is 9.69 Å².